The molecule has 0 aliphatic carbocycles. The second kappa shape index (κ2) is 10.4. The third-order valence-electron chi connectivity index (χ3n) is 6.82. The van der Waals surface area contributed by atoms with Crippen LogP contribution >= 0.6 is 0 Å². The highest BCUT2D eigenvalue weighted by Crippen LogP contribution is 2.25. The van der Waals surface area contributed by atoms with E-state index >= 15 is 0 Å². The van der Waals surface area contributed by atoms with Gasteiger partial charge in [0.15, 0.2) is 0 Å². The first kappa shape index (κ1) is 24.7. The molecule has 0 saturated carbocycles. The molecule has 3 aliphatic rings. The predicted octanol–water partition coefficient (Wildman–Crippen LogP) is 2.21. The van der Waals surface area contributed by atoms with Crippen molar-refractivity contribution in [3.8, 4) is 0 Å². The van der Waals surface area contributed by atoms with E-state index < -0.39 is 15.6 Å². The summed E-state index contributed by atoms with van der Waals surface area (Å²) >= 11 is 0. The van der Waals surface area contributed by atoms with Gasteiger partial charge in [-0.2, -0.15) is 4.31 Å². The molecular weight excluding hydrogens is 416 g/mol. The van der Waals surface area contributed by atoms with Crippen LogP contribution in [0.1, 0.15) is 59.3 Å². The van der Waals surface area contributed by atoms with Gasteiger partial charge in [-0.05, 0) is 79.4 Å². The lowest BCUT2D eigenvalue weighted by Gasteiger charge is -2.41. The molecule has 3 aliphatic heterocycles. The molecule has 8 nitrogen and oxygen atoms in total. The zero-order valence-corrected chi connectivity index (χ0v) is 20.7. The molecule has 0 radical (unpaired) electrons. The minimum absolute atomic E-state index is 0.0892. The van der Waals surface area contributed by atoms with Crippen LogP contribution in [-0.4, -0.2) is 110 Å². The predicted molar refractivity (Wildman–Crippen MR) is 123 cm³/mol. The number of hydrogen-bond acceptors (Lipinski definition) is 6. The van der Waals surface area contributed by atoms with Gasteiger partial charge in [0.1, 0.15) is 5.60 Å². The minimum atomic E-state index is -3.24. The Labute approximate surface area is 188 Å². The largest absolute Gasteiger partial charge is 0.444 e. The van der Waals surface area contributed by atoms with Crippen LogP contribution in [0, 0.1) is 0 Å². The fourth-order valence-electron chi connectivity index (χ4n) is 5.03. The lowest BCUT2D eigenvalue weighted by Crippen LogP contribution is -2.54. The Hall–Kier alpha value is -0.900. The van der Waals surface area contributed by atoms with E-state index in [0.29, 0.717) is 38.5 Å². The van der Waals surface area contributed by atoms with Gasteiger partial charge in [-0.25, -0.2) is 13.2 Å². The molecule has 1 amide bonds. The van der Waals surface area contributed by atoms with Crippen LogP contribution in [0.25, 0.3) is 0 Å². The molecule has 3 saturated heterocycles. The number of piperidine rings is 1. The molecule has 0 aromatic rings. The topological polar surface area (TPSA) is 73.4 Å². The average Bonchev–Trinajstić information content (AvgIpc) is 3.16. The van der Waals surface area contributed by atoms with E-state index in [4.69, 9.17) is 4.74 Å². The van der Waals surface area contributed by atoms with Crippen molar-refractivity contribution in [3.63, 3.8) is 0 Å². The molecule has 180 valence electrons. The van der Waals surface area contributed by atoms with E-state index in [-0.39, 0.29) is 17.9 Å². The Morgan fingerprint density at radius 3 is 2.23 bits per heavy atom. The van der Waals surface area contributed by atoms with Crippen molar-refractivity contribution < 1.29 is 17.9 Å². The van der Waals surface area contributed by atoms with Gasteiger partial charge in [-0.15, -0.1) is 0 Å². The number of sulfonamides is 1. The van der Waals surface area contributed by atoms with Crippen LogP contribution in [0.2, 0.25) is 0 Å². The zero-order valence-electron chi connectivity index (χ0n) is 19.9. The first-order valence-electron chi connectivity index (χ1n) is 12.0. The fourth-order valence-corrected chi connectivity index (χ4v) is 6.54. The van der Waals surface area contributed by atoms with Gasteiger partial charge in [0.25, 0.3) is 0 Å². The molecule has 0 bridgehead atoms. The fraction of sp³-hybridized carbons (Fsp3) is 0.955. The molecule has 0 spiro atoms. The van der Waals surface area contributed by atoms with E-state index in [1.54, 1.807) is 9.21 Å². The molecule has 3 heterocycles. The Balaban J connectivity index is 1.41. The number of rotatable bonds is 6. The van der Waals surface area contributed by atoms with Crippen LogP contribution in [0.15, 0.2) is 0 Å². The summed E-state index contributed by atoms with van der Waals surface area (Å²) in [5.41, 5.74) is -0.511. The van der Waals surface area contributed by atoms with Crippen molar-refractivity contribution in [1.29, 1.82) is 0 Å². The number of likely N-dealkylation sites (tertiary alicyclic amines) is 2. The first-order chi connectivity index (χ1) is 14.5. The van der Waals surface area contributed by atoms with Gasteiger partial charge < -0.3 is 14.5 Å². The number of nitrogens with zero attached hydrogens (tertiary/aromatic N) is 4. The van der Waals surface area contributed by atoms with Crippen LogP contribution in [-0.2, 0) is 14.8 Å². The second-order valence-corrected chi connectivity index (χ2v) is 12.5. The van der Waals surface area contributed by atoms with Crippen LogP contribution in [0.3, 0.4) is 0 Å². The molecule has 0 aromatic carbocycles. The number of carbonyl (C=O) groups is 1. The van der Waals surface area contributed by atoms with E-state index in [2.05, 4.69) is 16.8 Å². The zero-order chi connectivity index (χ0) is 22.6. The Morgan fingerprint density at radius 2 is 1.61 bits per heavy atom. The number of hydrogen-bond donors (Lipinski definition) is 0. The Morgan fingerprint density at radius 1 is 0.968 bits per heavy atom. The van der Waals surface area contributed by atoms with Crippen LogP contribution < -0.4 is 0 Å². The van der Waals surface area contributed by atoms with Gasteiger partial charge in [-0.1, -0.05) is 0 Å². The maximum Gasteiger partial charge on any atom is 0.410 e. The summed E-state index contributed by atoms with van der Waals surface area (Å²) in [5.74, 6) is 0.167. The van der Waals surface area contributed by atoms with Crippen molar-refractivity contribution in [1.82, 2.24) is 19.0 Å². The SMILES string of the molecule is CN1CCC(N2CCN(S(=O)(=O)CCCC3CCCN3C(=O)OC(C)(C)C)CC2)CC1. The van der Waals surface area contributed by atoms with Gasteiger partial charge >= 0.3 is 6.09 Å². The summed E-state index contributed by atoms with van der Waals surface area (Å²) in [6.45, 7) is 11.4. The summed E-state index contributed by atoms with van der Waals surface area (Å²) < 4.78 is 33.0. The van der Waals surface area contributed by atoms with Crippen molar-refractivity contribution in [3.05, 3.63) is 0 Å². The molecule has 1 unspecified atom stereocenters. The van der Waals surface area contributed by atoms with Gasteiger partial charge in [0.2, 0.25) is 10.0 Å². The van der Waals surface area contributed by atoms with E-state index in [1.807, 2.05) is 20.8 Å². The third kappa shape index (κ3) is 7.04. The highest BCUT2D eigenvalue weighted by atomic mass is 32.2. The first-order valence-corrected chi connectivity index (χ1v) is 13.6. The number of carbonyl (C=O) groups excluding carboxylic acids is 1. The third-order valence-corrected chi connectivity index (χ3v) is 8.77. The van der Waals surface area contributed by atoms with Gasteiger partial charge in [0, 0.05) is 44.8 Å². The average molecular weight is 459 g/mol. The van der Waals surface area contributed by atoms with Crippen LogP contribution in [0.4, 0.5) is 4.79 Å². The molecule has 0 aromatic heterocycles. The highest BCUT2D eigenvalue weighted by molar-refractivity contribution is 7.89. The van der Waals surface area contributed by atoms with Crippen molar-refractivity contribution in [2.45, 2.75) is 77.0 Å². The van der Waals surface area contributed by atoms with Crippen LogP contribution in [0.5, 0.6) is 0 Å². The van der Waals surface area contributed by atoms with Crippen molar-refractivity contribution >= 4 is 16.1 Å². The molecule has 1 atom stereocenters. The summed E-state index contributed by atoms with van der Waals surface area (Å²) in [6.07, 6.45) is 5.26. The van der Waals surface area contributed by atoms with Crippen molar-refractivity contribution in [2.24, 2.45) is 0 Å². The Kier molecular flexibility index (Phi) is 8.27. The van der Waals surface area contributed by atoms with E-state index in [0.717, 1.165) is 39.0 Å². The summed E-state index contributed by atoms with van der Waals surface area (Å²) in [6, 6.07) is 0.689. The quantitative estimate of drug-likeness (QED) is 0.608. The monoisotopic (exact) mass is 458 g/mol. The van der Waals surface area contributed by atoms with E-state index in [9.17, 15) is 13.2 Å². The summed E-state index contributed by atoms with van der Waals surface area (Å²) in [4.78, 5) is 19.1. The van der Waals surface area contributed by atoms with Gasteiger partial charge in [0.05, 0.1) is 5.75 Å². The second-order valence-electron chi connectivity index (χ2n) is 10.4. The maximum absolute atomic E-state index is 12.9. The lowest BCUT2D eigenvalue weighted by atomic mass is 10.0. The standard InChI is InChI=1S/C22H42N4O4S/c1-22(2,3)30-21(27)26-11-5-7-20(26)8-6-18-31(28,29)25-16-14-24(15-17-25)19-9-12-23(4)13-10-19/h19-20H,5-18H2,1-4H3. The minimum Gasteiger partial charge on any atom is -0.444 e. The smallest absolute Gasteiger partial charge is 0.410 e. The molecule has 31 heavy (non-hydrogen) atoms. The normalized spacial score (nSPS) is 25.8. The molecule has 9 heteroatoms. The summed E-state index contributed by atoms with van der Waals surface area (Å²) in [5, 5.41) is 0. The summed E-state index contributed by atoms with van der Waals surface area (Å²) in [7, 11) is -1.08. The lowest BCUT2D eigenvalue weighted by molar-refractivity contribution is 0.0220. The molecular formula is C22H42N4O4S. The number of ether oxygens (including phenoxy) is 1. The maximum atomic E-state index is 12.9. The van der Waals surface area contributed by atoms with E-state index in [1.165, 1.54) is 12.8 Å². The number of piperazine rings is 1. The molecule has 3 rings (SSSR count). The van der Waals surface area contributed by atoms with Gasteiger partial charge in [-0.3, -0.25) is 4.90 Å². The Bertz CT molecular complexity index is 693. The number of amides is 1. The van der Waals surface area contributed by atoms with Crippen molar-refractivity contribution in [2.75, 3.05) is 58.6 Å². The highest BCUT2D eigenvalue weighted by Gasteiger charge is 2.34. The molecule has 3 fully saturated rings. The molecule has 0 N–H and O–H groups in total.